The molecule has 0 saturated carbocycles. The van der Waals surface area contributed by atoms with E-state index in [4.69, 9.17) is 0 Å². The van der Waals surface area contributed by atoms with Gasteiger partial charge in [-0.2, -0.15) is 0 Å². The van der Waals surface area contributed by atoms with Gasteiger partial charge in [0.1, 0.15) is 11.9 Å². The highest BCUT2D eigenvalue weighted by molar-refractivity contribution is 5.29. The van der Waals surface area contributed by atoms with Crippen LogP contribution in [0.4, 0.5) is 4.39 Å². The number of benzene rings is 1. The van der Waals surface area contributed by atoms with Crippen molar-refractivity contribution in [3.8, 4) is 0 Å². The van der Waals surface area contributed by atoms with Crippen molar-refractivity contribution >= 4 is 0 Å². The Morgan fingerprint density at radius 1 is 1.39 bits per heavy atom. The largest absolute Gasteiger partial charge is 0.382 e. The molecule has 96 valence electrons. The molecule has 0 bridgehead atoms. The smallest absolute Gasteiger partial charge is 0.123 e. The molecule has 0 aliphatic heterocycles. The minimum Gasteiger partial charge on any atom is -0.382 e. The summed E-state index contributed by atoms with van der Waals surface area (Å²) in [5.41, 5.74) is 2.05. The molecule has 1 heterocycles. The summed E-state index contributed by atoms with van der Waals surface area (Å²) in [6.45, 7) is 4.66. The van der Waals surface area contributed by atoms with Crippen molar-refractivity contribution in [1.29, 1.82) is 0 Å². The number of nitrogens with zero attached hydrogens (tertiary/aromatic N) is 2. The van der Waals surface area contributed by atoms with E-state index in [9.17, 15) is 9.50 Å². The summed E-state index contributed by atoms with van der Waals surface area (Å²) in [5, 5.41) is 10.3. The van der Waals surface area contributed by atoms with Gasteiger partial charge in [0.2, 0.25) is 0 Å². The van der Waals surface area contributed by atoms with E-state index in [2.05, 4.69) is 11.9 Å². The highest BCUT2D eigenvalue weighted by Gasteiger charge is 2.16. The first-order valence-corrected chi connectivity index (χ1v) is 6.07. The lowest BCUT2D eigenvalue weighted by atomic mass is 10.0. The van der Waals surface area contributed by atoms with E-state index in [0.717, 1.165) is 18.5 Å². The predicted octanol–water partition coefficient (Wildman–Crippen LogP) is 2.82. The number of aryl methyl sites for hydroxylation is 2. The highest BCUT2D eigenvalue weighted by atomic mass is 19.1. The lowest BCUT2D eigenvalue weighted by molar-refractivity contribution is 0.209. The van der Waals surface area contributed by atoms with Gasteiger partial charge in [-0.3, -0.25) is 0 Å². The molecule has 0 spiro atoms. The van der Waals surface area contributed by atoms with Crippen molar-refractivity contribution in [3.63, 3.8) is 0 Å². The monoisotopic (exact) mass is 248 g/mol. The fraction of sp³-hybridized carbons (Fsp3) is 0.357. The van der Waals surface area contributed by atoms with Crippen LogP contribution in [0.15, 0.2) is 30.7 Å². The van der Waals surface area contributed by atoms with E-state index in [1.54, 1.807) is 18.6 Å². The average molecular weight is 248 g/mol. The Balaban J connectivity index is 2.34. The minimum atomic E-state index is -0.839. The molecule has 0 radical (unpaired) electrons. The van der Waals surface area contributed by atoms with Gasteiger partial charge in [0.15, 0.2) is 0 Å². The molecule has 0 fully saturated rings. The summed E-state index contributed by atoms with van der Waals surface area (Å²) in [5.74, 6) is -0.328. The number of aliphatic hydroxyl groups excluding tert-OH is 1. The molecule has 4 heteroatoms. The van der Waals surface area contributed by atoms with Crippen LogP contribution in [0, 0.1) is 12.7 Å². The zero-order valence-electron chi connectivity index (χ0n) is 10.6. The highest BCUT2D eigenvalue weighted by Crippen LogP contribution is 2.23. The number of imidazole rings is 1. The fourth-order valence-electron chi connectivity index (χ4n) is 2.08. The number of hydrogen-bond donors (Lipinski definition) is 1. The van der Waals surface area contributed by atoms with Crippen molar-refractivity contribution in [2.24, 2.45) is 0 Å². The molecule has 0 saturated heterocycles. The van der Waals surface area contributed by atoms with Gasteiger partial charge in [-0.25, -0.2) is 9.37 Å². The number of rotatable bonds is 4. The van der Waals surface area contributed by atoms with E-state index in [0.29, 0.717) is 11.3 Å². The predicted molar refractivity (Wildman–Crippen MR) is 67.7 cm³/mol. The second-order valence-corrected chi connectivity index (χ2v) is 4.48. The second kappa shape index (κ2) is 5.31. The van der Waals surface area contributed by atoms with Crippen LogP contribution in [-0.2, 0) is 6.54 Å². The minimum absolute atomic E-state index is 0.328. The summed E-state index contributed by atoms with van der Waals surface area (Å²) in [6.07, 6.45) is 3.43. The third kappa shape index (κ3) is 2.59. The first-order valence-electron chi connectivity index (χ1n) is 6.07. The van der Waals surface area contributed by atoms with E-state index < -0.39 is 6.10 Å². The topological polar surface area (TPSA) is 38.0 Å². The molecule has 1 atom stereocenters. The molecule has 3 nitrogen and oxygen atoms in total. The third-order valence-corrected chi connectivity index (χ3v) is 2.87. The van der Waals surface area contributed by atoms with Crippen molar-refractivity contribution < 1.29 is 9.50 Å². The average Bonchev–Trinajstić information content (AvgIpc) is 2.75. The van der Waals surface area contributed by atoms with Gasteiger partial charge >= 0.3 is 0 Å². The summed E-state index contributed by atoms with van der Waals surface area (Å²) in [4.78, 5) is 4.04. The number of halogens is 1. The molecule has 0 aliphatic rings. The van der Waals surface area contributed by atoms with Crippen molar-refractivity contribution in [1.82, 2.24) is 9.55 Å². The zero-order chi connectivity index (χ0) is 13.1. The van der Waals surface area contributed by atoms with Crippen LogP contribution in [0.5, 0.6) is 0 Å². The third-order valence-electron chi connectivity index (χ3n) is 2.87. The maximum atomic E-state index is 13.3. The first kappa shape index (κ1) is 12.8. The number of hydrogen-bond acceptors (Lipinski definition) is 2. The maximum Gasteiger partial charge on any atom is 0.123 e. The molecule has 18 heavy (non-hydrogen) atoms. The summed E-state index contributed by atoms with van der Waals surface area (Å²) in [6, 6.07) is 4.59. The summed E-state index contributed by atoms with van der Waals surface area (Å²) in [7, 11) is 0. The Labute approximate surface area is 106 Å². The Morgan fingerprint density at radius 2 is 2.17 bits per heavy atom. The number of aliphatic hydroxyl groups is 1. The Bertz CT molecular complexity index is 516. The van der Waals surface area contributed by atoms with Crippen LogP contribution in [0.2, 0.25) is 0 Å². The van der Waals surface area contributed by atoms with Crippen LogP contribution < -0.4 is 0 Å². The zero-order valence-corrected chi connectivity index (χ0v) is 10.6. The van der Waals surface area contributed by atoms with E-state index in [-0.39, 0.29) is 5.82 Å². The summed E-state index contributed by atoms with van der Waals surface area (Å²) >= 11 is 0. The molecule has 2 rings (SSSR count). The van der Waals surface area contributed by atoms with Crippen molar-refractivity contribution in [2.75, 3.05) is 0 Å². The molecule has 2 aromatic rings. The standard InChI is InChI=1S/C14H17FN2O/c1-3-4-17-9-16-8-13(17)14(18)11-5-10(2)6-12(15)7-11/h5-9,14,18H,3-4H2,1-2H3. The molecule has 1 aromatic carbocycles. The first-order chi connectivity index (χ1) is 8.61. The quantitative estimate of drug-likeness (QED) is 0.903. The molecule has 1 unspecified atom stereocenters. The van der Waals surface area contributed by atoms with Gasteiger partial charge in [0.25, 0.3) is 0 Å². The van der Waals surface area contributed by atoms with Crippen LogP contribution >= 0.6 is 0 Å². The second-order valence-electron chi connectivity index (χ2n) is 4.48. The van der Waals surface area contributed by atoms with Gasteiger partial charge in [-0.1, -0.05) is 13.0 Å². The summed E-state index contributed by atoms with van der Waals surface area (Å²) < 4.78 is 15.2. The van der Waals surface area contributed by atoms with Crippen LogP contribution in [-0.4, -0.2) is 14.7 Å². The van der Waals surface area contributed by atoms with E-state index >= 15 is 0 Å². The van der Waals surface area contributed by atoms with Gasteiger partial charge < -0.3 is 9.67 Å². The fourth-order valence-corrected chi connectivity index (χ4v) is 2.08. The van der Waals surface area contributed by atoms with Gasteiger partial charge in [-0.05, 0) is 36.6 Å². The SMILES string of the molecule is CCCn1cncc1C(O)c1cc(C)cc(F)c1. The molecule has 1 aromatic heterocycles. The van der Waals surface area contributed by atoms with Crippen LogP contribution in [0.1, 0.15) is 36.3 Å². The molecule has 0 aliphatic carbocycles. The van der Waals surface area contributed by atoms with Crippen LogP contribution in [0.3, 0.4) is 0 Å². The Hall–Kier alpha value is -1.68. The lowest BCUT2D eigenvalue weighted by Crippen LogP contribution is -2.08. The number of aromatic nitrogens is 2. The van der Waals surface area contributed by atoms with Gasteiger partial charge in [-0.15, -0.1) is 0 Å². The van der Waals surface area contributed by atoms with E-state index in [1.807, 2.05) is 11.5 Å². The van der Waals surface area contributed by atoms with Crippen molar-refractivity contribution in [3.05, 3.63) is 53.4 Å². The molecule has 0 amide bonds. The Morgan fingerprint density at radius 3 is 2.83 bits per heavy atom. The van der Waals surface area contributed by atoms with Gasteiger partial charge in [0, 0.05) is 6.54 Å². The van der Waals surface area contributed by atoms with Crippen molar-refractivity contribution in [2.45, 2.75) is 32.9 Å². The molecule has 1 N–H and O–H groups in total. The van der Waals surface area contributed by atoms with Crippen LogP contribution in [0.25, 0.3) is 0 Å². The van der Waals surface area contributed by atoms with Gasteiger partial charge in [0.05, 0.1) is 18.2 Å². The van der Waals surface area contributed by atoms with E-state index in [1.165, 1.54) is 12.1 Å². The molecular formula is C14H17FN2O. The maximum absolute atomic E-state index is 13.3. The molecular weight excluding hydrogens is 231 g/mol. The lowest BCUT2D eigenvalue weighted by Gasteiger charge is -2.14. The normalized spacial score (nSPS) is 12.7. The Kier molecular flexibility index (Phi) is 3.77.